The van der Waals surface area contributed by atoms with Gasteiger partial charge in [-0.15, -0.1) is 0 Å². The van der Waals surface area contributed by atoms with Crippen molar-refractivity contribution in [2.75, 3.05) is 14.2 Å². The first-order valence-corrected chi connectivity index (χ1v) is 16.1. The fourth-order valence-corrected chi connectivity index (χ4v) is 8.33. The first kappa shape index (κ1) is 29.8. The zero-order chi connectivity index (χ0) is 31.6. The monoisotopic (exact) mass is 640 g/mol. The average molecular weight is 641 g/mol. The van der Waals surface area contributed by atoms with Crippen molar-refractivity contribution in [2.45, 2.75) is 50.0 Å². The van der Waals surface area contributed by atoms with Crippen LogP contribution in [0.25, 0.3) is 11.1 Å². The largest absolute Gasteiger partial charge is 0.527 e. The van der Waals surface area contributed by atoms with E-state index in [1.165, 1.54) is 14.2 Å². The van der Waals surface area contributed by atoms with Crippen LogP contribution >= 0.6 is 7.82 Å². The molecule has 234 valence electrons. The number of methoxy groups -OCH3 is 2. The fraction of sp³-hybridized carbons (Fsp3) is 0.294. The molecule has 2 aliphatic carbocycles. The Bertz CT molecular complexity index is 1850. The van der Waals surface area contributed by atoms with Gasteiger partial charge in [-0.3, -0.25) is 9.42 Å². The highest BCUT2D eigenvalue weighted by atomic mass is 31.2. The maximum Gasteiger partial charge on any atom is 0.527 e. The first-order valence-electron chi connectivity index (χ1n) is 14.6. The van der Waals surface area contributed by atoms with Crippen LogP contribution in [0.2, 0.25) is 0 Å². The van der Waals surface area contributed by atoms with Crippen LogP contribution in [0, 0.1) is 23.3 Å². The van der Waals surface area contributed by atoms with Crippen LogP contribution in [0.15, 0.2) is 54.6 Å². The number of ether oxygens (including phenoxy) is 2. The van der Waals surface area contributed by atoms with Gasteiger partial charge in [0.15, 0.2) is 0 Å². The number of hydrogen-bond acceptors (Lipinski definition) is 5. The molecule has 11 heteroatoms. The van der Waals surface area contributed by atoms with Crippen LogP contribution in [0.1, 0.15) is 58.1 Å². The molecule has 0 aromatic heterocycles. The molecule has 0 radical (unpaired) electrons. The summed E-state index contributed by atoms with van der Waals surface area (Å²) in [5, 5.41) is 0. The number of benzene rings is 4. The van der Waals surface area contributed by atoms with Gasteiger partial charge in [0.25, 0.3) is 0 Å². The summed E-state index contributed by atoms with van der Waals surface area (Å²) in [6.07, 6.45) is 1.59. The summed E-state index contributed by atoms with van der Waals surface area (Å²) < 4.78 is 98.1. The molecule has 45 heavy (non-hydrogen) atoms. The van der Waals surface area contributed by atoms with Gasteiger partial charge in [0.1, 0.15) is 40.5 Å². The molecule has 1 aliphatic heterocycles. The van der Waals surface area contributed by atoms with Crippen molar-refractivity contribution in [3.05, 3.63) is 111 Å². The van der Waals surface area contributed by atoms with E-state index in [2.05, 4.69) is 0 Å². The highest BCUT2D eigenvalue weighted by molar-refractivity contribution is 7.47. The summed E-state index contributed by atoms with van der Waals surface area (Å²) in [7, 11) is -2.46. The van der Waals surface area contributed by atoms with Gasteiger partial charge in [0, 0.05) is 52.8 Å². The highest BCUT2D eigenvalue weighted by Gasteiger charge is 2.50. The molecule has 0 bridgehead atoms. The molecular formula is C34H29F4O6P. The van der Waals surface area contributed by atoms with E-state index in [4.69, 9.17) is 18.5 Å². The molecule has 0 saturated heterocycles. The lowest BCUT2D eigenvalue weighted by atomic mass is 9.67. The second kappa shape index (κ2) is 11.2. The van der Waals surface area contributed by atoms with E-state index in [1.807, 2.05) is 12.1 Å². The van der Waals surface area contributed by atoms with Gasteiger partial charge in [-0.05, 0) is 60.4 Å². The quantitative estimate of drug-likeness (QED) is 0.179. The topological polar surface area (TPSA) is 74.2 Å². The predicted octanol–water partition coefficient (Wildman–Crippen LogP) is 8.16. The minimum Gasteiger partial charge on any atom is -0.497 e. The number of halogens is 4. The Balaban J connectivity index is 1.55. The van der Waals surface area contributed by atoms with E-state index in [1.54, 1.807) is 18.2 Å². The lowest BCUT2D eigenvalue weighted by Crippen LogP contribution is -2.36. The van der Waals surface area contributed by atoms with Gasteiger partial charge < -0.3 is 14.0 Å². The zero-order valence-electron chi connectivity index (χ0n) is 24.4. The number of rotatable bonds is 4. The summed E-state index contributed by atoms with van der Waals surface area (Å²) in [5.74, 6) is -5.87. The Hall–Kier alpha value is -3.85. The third-order valence-corrected chi connectivity index (χ3v) is 10.1. The standard InChI is InChI=1S/C34H29F4O6P/c1-41-19-13-25(35)29(26(36)14-19)23-11-17-7-3-5-9-21(17)31-32-22-10-6-4-8-18(22)12-24(34(32)44-45(39,40)43-33(23)31)30-27(37)15-20(42-2)16-28(30)38/h3,5,7,9,12-16,23,31,33H,4,6,8,10-11H2,1-2H3,(H,39,40)/t23-,31+,33?/m1/s1. The number of fused-ring (bicyclic) bond motifs is 7. The van der Waals surface area contributed by atoms with E-state index in [0.717, 1.165) is 53.8 Å². The summed E-state index contributed by atoms with van der Waals surface area (Å²) in [5.41, 5.74) is 2.68. The van der Waals surface area contributed by atoms with Gasteiger partial charge in [-0.25, -0.2) is 22.1 Å². The minimum absolute atomic E-state index is 0.0212. The third-order valence-electron chi connectivity index (χ3n) is 9.15. The molecule has 4 atom stereocenters. The fourth-order valence-electron chi connectivity index (χ4n) is 7.29. The van der Waals surface area contributed by atoms with Crippen molar-refractivity contribution in [3.8, 4) is 28.4 Å². The Morgan fingerprint density at radius 1 is 0.822 bits per heavy atom. The van der Waals surface area contributed by atoms with Crippen LogP contribution in [-0.2, 0) is 28.4 Å². The summed E-state index contributed by atoms with van der Waals surface area (Å²) in [6, 6.07) is 13.1. The number of phosphoric ester groups is 1. The molecule has 0 spiro atoms. The third kappa shape index (κ3) is 5.00. The molecule has 4 aromatic carbocycles. The number of phosphoric acid groups is 1. The number of aryl methyl sites for hydroxylation is 1. The van der Waals surface area contributed by atoms with Crippen molar-refractivity contribution in [1.82, 2.24) is 0 Å². The van der Waals surface area contributed by atoms with Crippen LogP contribution in [0.3, 0.4) is 0 Å². The molecule has 4 aromatic rings. The van der Waals surface area contributed by atoms with Gasteiger partial charge >= 0.3 is 7.82 Å². The molecule has 1 N–H and O–H groups in total. The molecule has 0 saturated carbocycles. The SMILES string of the molecule is COc1cc(F)c(-c2cc3c(c4c2OP(=O)(O)OC2[C@H]4c4ccccc4C[C@@H]2c2c(F)cc(OC)cc2F)CCCC3)c(F)c1. The van der Waals surface area contributed by atoms with Crippen molar-refractivity contribution < 1.29 is 45.5 Å². The minimum atomic E-state index is -5.03. The van der Waals surface area contributed by atoms with Gasteiger partial charge in [0.05, 0.1) is 25.9 Å². The van der Waals surface area contributed by atoms with E-state index in [9.17, 15) is 9.46 Å². The Morgan fingerprint density at radius 2 is 1.44 bits per heavy atom. The molecule has 0 amide bonds. The molecule has 0 fully saturated rings. The Morgan fingerprint density at radius 3 is 2.11 bits per heavy atom. The van der Waals surface area contributed by atoms with Crippen LogP contribution < -0.4 is 14.0 Å². The van der Waals surface area contributed by atoms with Crippen LogP contribution in [-0.4, -0.2) is 25.2 Å². The van der Waals surface area contributed by atoms with E-state index in [0.29, 0.717) is 24.0 Å². The van der Waals surface area contributed by atoms with Crippen LogP contribution in [0.4, 0.5) is 17.6 Å². The van der Waals surface area contributed by atoms with Crippen molar-refractivity contribution in [1.29, 1.82) is 0 Å². The molecule has 1 heterocycles. The van der Waals surface area contributed by atoms with Crippen molar-refractivity contribution >= 4 is 7.82 Å². The van der Waals surface area contributed by atoms with Crippen molar-refractivity contribution in [2.24, 2.45) is 0 Å². The van der Waals surface area contributed by atoms with Gasteiger partial charge in [0.2, 0.25) is 0 Å². The smallest absolute Gasteiger partial charge is 0.497 e. The molecule has 2 unspecified atom stereocenters. The average Bonchev–Trinajstić information content (AvgIpc) is 3.13. The molecule has 3 aliphatic rings. The predicted molar refractivity (Wildman–Crippen MR) is 158 cm³/mol. The summed E-state index contributed by atoms with van der Waals surface area (Å²) >= 11 is 0. The lowest BCUT2D eigenvalue weighted by Gasteiger charge is -2.40. The summed E-state index contributed by atoms with van der Waals surface area (Å²) in [4.78, 5) is 11.2. The van der Waals surface area contributed by atoms with Gasteiger partial charge in [-0.1, -0.05) is 24.3 Å². The Labute approximate surface area is 257 Å². The van der Waals surface area contributed by atoms with Gasteiger partial charge in [-0.2, -0.15) is 0 Å². The second-order valence-electron chi connectivity index (χ2n) is 11.6. The Kier molecular flexibility index (Phi) is 7.42. The van der Waals surface area contributed by atoms with Crippen LogP contribution in [0.5, 0.6) is 17.2 Å². The first-order chi connectivity index (χ1) is 21.6. The summed E-state index contributed by atoms with van der Waals surface area (Å²) in [6.45, 7) is 0. The second-order valence-corrected chi connectivity index (χ2v) is 12.9. The molecule has 7 rings (SSSR count). The zero-order valence-corrected chi connectivity index (χ0v) is 25.3. The molecule has 6 nitrogen and oxygen atoms in total. The number of hydrogen-bond donors (Lipinski definition) is 1. The maximum atomic E-state index is 15.7. The normalized spacial score (nSPS) is 23.5. The molecular weight excluding hydrogens is 611 g/mol. The van der Waals surface area contributed by atoms with E-state index >= 15 is 17.6 Å². The van der Waals surface area contributed by atoms with Crippen molar-refractivity contribution in [3.63, 3.8) is 0 Å². The van der Waals surface area contributed by atoms with E-state index in [-0.39, 0.29) is 34.8 Å². The maximum absolute atomic E-state index is 15.7. The lowest BCUT2D eigenvalue weighted by molar-refractivity contribution is 0.104. The van der Waals surface area contributed by atoms with E-state index < -0.39 is 54.6 Å². The highest BCUT2D eigenvalue weighted by Crippen LogP contribution is 2.62.